The number of fused-ring (bicyclic) bond motifs is 1. The van der Waals surface area contributed by atoms with Crippen LogP contribution in [0, 0.1) is 0 Å². The third-order valence-electron chi connectivity index (χ3n) is 2.59. The average molecular weight is 414 g/mol. The summed E-state index contributed by atoms with van der Waals surface area (Å²) in [6.45, 7) is 1.75. The summed E-state index contributed by atoms with van der Waals surface area (Å²) in [5, 5.41) is -1.32. The fourth-order valence-electron chi connectivity index (χ4n) is 1.77. The molecule has 0 aliphatic carbocycles. The smallest absolute Gasteiger partial charge is 0.328 e. The molecule has 1 atom stereocenters. The van der Waals surface area contributed by atoms with Gasteiger partial charge >= 0.3 is 16.1 Å². The zero-order valence-electron chi connectivity index (χ0n) is 9.85. The highest BCUT2D eigenvalue weighted by molar-refractivity contribution is 9.11. The molecule has 0 saturated heterocycles. The lowest BCUT2D eigenvalue weighted by molar-refractivity contribution is -0.142. The largest absolute Gasteiger partial charge is 0.465 e. The van der Waals surface area contributed by atoms with Crippen molar-refractivity contribution in [3.63, 3.8) is 0 Å². The van der Waals surface area contributed by atoms with E-state index in [0.717, 1.165) is 4.47 Å². The molecule has 104 valence electrons. The standard InChI is InChI=1S/C11H10Br2O5S/c1-2-17-11(14)9-4-6-3-7(12)5-8(13)10(6)18-19(9,15)16/h3,5,9H,2,4H2,1H3. The van der Waals surface area contributed by atoms with Gasteiger partial charge in [0.15, 0.2) is 11.0 Å². The van der Waals surface area contributed by atoms with E-state index < -0.39 is 21.3 Å². The van der Waals surface area contributed by atoms with Crippen molar-refractivity contribution in [1.29, 1.82) is 0 Å². The van der Waals surface area contributed by atoms with Crippen LogP contribution in [0.5, 0.6) is 5.75 Å². The highest BCUT2D eigenvalue weighted by Crippen LogP contribution is 2.38. The Labute approximate surface area is 127 Å². The molecule has 19 heavy (non-hydrogen) atoms. The minimum Gasteiger partial charge on any atom is -0.465 e. The molecular weight excluding hydrogens is 404 g/mol. The summed E-state index contributed by atoms with van der Waals surface area (Å²) in [5.74, 6) is -0.562. The Balaban J connectivity index is 2.45. The maximum Gasteiger partial charge on any atom is 0.328 e. The van der Waals surface area contributed by atoms with Gasteiger partial charge in [-0.05, 0) is 35.0 Å². The quantitative estimate of drug-likeness (QED) is 0.550. The first-order valence-electron chi connectivity index (χ1n) is 5.43. The molecule has 0 fully saturated rings. The molecule has 0 bridgehead atoms. The van der Waals surface area contributed by atoms with Crippen LogP contribution in [0.15, 0.2) is 21.1 Å². The Morgan fingerprint density at radius 2 is 2.16 bits per heavy atom. The normalized spacial score (nSPS) is 20.3. The summed E-state index contributed by atoms with van der Waals surface area (Å²) < 4.78 is 34.9. The molecule has 0 amide bonds. The van der Waals surface area contributed by atoms with Crippen LogP contribution >= 0.6 is 31.9 Å². The monoisotopic (exact) mass is 412 g/mol. The Morgan fingerprint density at radius 1 is 1.47 bits per heavy atom. The number of esters is 1. The fourth-order valence-corrected chi connectivity index (χ4v) is 4.51. The number of rotatable bonds is 2. The third-order valence-corrected chi connectivity index (χ3v) is 5.09. The van der Waals surface area contributed by atoms with Gasteiger partial charge < -0.3 is 8.92 Å². The SMILES string of the molecule is CCOC(=O)C1Cc2cc(Br)cc(Br)c2OS1(=O)=O. The van der Waals surface area contributed by atoms with Gasteiger partial charge in [-0.1, -0.05) is 15.9 Å². The number of hydrogen-bond acceptors (Lipinski definition) is 5. The third kappa shape index (κ3) is 2.95. The molecule has 0 saturated carbocycles. The van der Waals surface area contributed by atoms with Crippen molar-refractivity contribution in [2.75, 3.05) is 6.61 Å². The van der Waals surface area contributed by atoms with Crippen molar-refractivity contribution in [2.24, 2.45) is 0 Å². The van der Waals surface area contributed by atoms with Gasteiger partial charge in [-0.25, -0.2) is 0 Å². The summed E-state index contributed by atoms with van der Waals surface area (Å²) >= 11 is 6.54. The maximum atomic E-state index is 11.9. The molecule has 0 radical (unpaired) electrons. The molecule has 1 heterocycles. The zero-order chi connectivity index (χ0) is 14.2. The number of carbonyl (C=O) groups is 1. The first-order chi connectivity index (χ1) is 8.85. The van der Waals surface area contributed by atoms with Gasteiger partial charge in [-0.2, -0.15) is 8.42 Å². The van der Waals surface area contributed by atoms with Crippen LogP contribution in [0.4, 0.5) is 0 Å². The molecule has 0 aromatic heterocycles. The molecule has 1 aromatic rings. The van der Waals surface area contributed by atoms with Crippen LogP contribution in [-0.4, -0.2) is 26.2 Å². The predicted molar refractivity (Wildman–Crippen MR) is 75.5 cm³/mol. The van der Waals surface area contributed by atoms with Crippen LogP contribution in [0.2, 0.25) is 0 Å². The number of carbonyl (C=O) groups excluding carboxylic acids is 1. The number of ether oxygens (including phenoxy) is 1. The van der Waals surface area contributed by atoms with Crippen LogP contribution < -0.4 is 4.18 Å². The van der Waals surface area contributed by atoms with Gasteiger partial charge in [0.05, 0.1) is 11.1 Å². The van der Waals surface area contributed by atoms with Gasteiger partial charge in [0.25, 0.3) is 0 Å². The Hall–Kier alpha value is -0.600. The first-order valence-corrected chi connectivity index (χ1v) is 8.48. The van der Waals surface area contributed by atoms with Crippen LogP contribution in [0.1, 0.15) is 12.5 Å². The molecular formula is C11H10Br2O5S. The summed E-state index contributed by atoms with van der Waals surface area (Å²) in [6, 6.07) is 3.40. The molecule has 1 aromatic carbocycles. The van der Waals surface area contributed by atoms with E-state index in [0.29, 0.717) is 10.0 Å². The lowest BCUT2D eigenvalue weighted by atomic mass is 10.1. The molecule has 8 heteroatoms. The zero-order valence-corrected chi connectivity index (χ0v) is 13.8. The van der Waals surface area contributed by atoms with Crippen molar-refractivity contribution in [1.82, 2.24) is 0 Å². The van der Waals surface area contributed by atoms with Crippen LogP contribution in [-0.2, 0) is 26.1 Å². The second kappa shape index (κ2) is 5.41. The average Bonchev–Trinajstić information content (AvgIpc) is 2.29. The lowest BCUT2D eigenvalue weighted by Crippen LogP contribution is -2.40. The highest BCUT2D eigenvalue weighted by Gasteiger charge is 2.41. The Bertz CT molecular complexity index is 626. The number of benzene rings is 1. The van der Waals surface area contributed by atoms with E-state index in [1.807, 2.05) is 0 Å². The van der Waals surface area contributed by atoms with Crippen molar-refractivity contribution in [2.45, 2.75) is 18.6 Å². The van der Waals surface area contributed by atoms with Crippen molar-refractivity contribution >= 4 is 47.9 Å². The van der Waals surface area contributed by atoms with E-state index in [4.69, 9.17) is 8.92 Å². The molecule has 0 spiro atoms. The van der Waals surface area contributed by atoms with Crippen molar-refractivity contribution in [3.05, 3.63) is 26.6 Å². The molecule has 1 aliphatic rings. The highest BCUT2D eigenvalue weighted by atomic mass is 79.9. The Morgan fingerprint density at radius 3 is 2.79 bits per heavy atom. The van der Waals surface area contributed by atoms with Crippen LogP contribution in [0.3, 0.4) is 0 Å². The fraction of sp³-hybridized carbons (Fsp3) is 0.364. The van der Waals surface area contributed by atoms with Gasteiger partial charge in [0.2, 0.25) is 0 Å². The van der Waals surface area contributed by atoms with Gasteiger partial charge in [0.1, 0.15) is 0 Å². The van der Waals surface area contributed by atoms with E-state index in [-0.39, 0.29) is 18.8 Å². The minimum atomic E-state index is -4.01. The number of hydrogen-bond donors (Lipinski definition) is 0. The first kappa shape index (κ1) is 14.8. The van der Waals surface area contributed by atoms with E-state index in [9.17, 15) is 13.2 Å². The summed E-state index contributed by atoms with van der Waals surface area (Å²) in [6.07, 6.45) is 0.0362. The predicted octanol–water partition coefficient (Wildman–Crippen LogP) is 2.41. The van der Waals surface area contributed by atoms with Gasteiger partial charge in [-0.3, -0.25) is 4.79 Å². The Kier molecular flexibility index (Phi) is 4.22. The topological polar surface area (TPSA) is 69.7 Å². The van der Waals surface area contributed by atoms with E-state index in [2.05, 4.69) is 31.9 Å². The van der Waals surface area contributed by atoms with Crippen molar-refractivity contribution in [3.8, 4) is 5.75 Å². The lowest BCUT2D eigenvalue weighted by Gasteiger charge is -2.24. The van der Waals surface area contributed by atoms with E-state index in [1.54, 1.807) is 19.1 Å². The molecule has 2 rings (SSSR count). The minimum absolute atomic E-state index is 0.0362. The van der Waals surface area contributed by atoms with E-state index in [1.165, 1.54) is 0 Å². The maximum absolute atomic E-state index is 11.9. The summed E-state index contributed by atoms with van der Waals surface area (Å²) in [4.78, 5) is 11.7. The van der Waals surface area contributed by atoms with Crippen LogP contribution in [0.25, 0.3) is 0 Å². The van der Waals surface area contributed by atoms with Crippen molar-refractivity contribution < 1.29 is 22.1 Å². The van der Waals surface area contributed by atoms with Gasteiger partial charge in [-0.15, -0.1) is 0 Å². The molecule has 5 nitrogen and oxygen atoms in total. The number of halogens is 2. The summed E-state index contributed by atoms with van der Waals surface area (Å²) in [7, 11) is -4.01. The molecule has 1 aliphatic heterocycles. The van der Waals surface area contributed by atoms with Gasteiger partial charge in [0, 0.05) is 16.5 Å². The van der Waals surface area contributed by atoms with E-state index >= 15 is 0 Å². The summed E-state index contributed by atoms with van der Waals surface area (Å²) in [5.41, 5.74) is 0.633. The second-order valence-corrected chi connectivity index (χ2v) is 7.39. The molecule has 1 unspecified atom stereocenters. The second-order valence-electron chi connectivity index (χ2n) is 3.90. The molecule has 0 N–H and O–H groups in total.